The zero-order valence-corrected chi connectivity index (χ0v) is 25.3. The molecule has 0 saturated heterocycles. The number of unbranched alkanes of at least 4 members (excludes halogenated alkanes) is 8. The third kappa shape index (κ3) is 9.94. The lowest BCUT2D eigenvalue weighted by Gasteiger charge is -2.19. The topological polar surface area (TPSA) is 71.1 Å². The second kappa shape index (κ2) is 18.2. The second-order valence-corrected chi connectivity index (χ2v) is 10.6. The highest BCUT2D eigenvalue weighted by molar-refractivity contribution is 6.12. The fraction of sp³-hybridized carbons (Fsp3) is 0.543. The van der Waals surface area contributed by atoms with Crippen LogP contribution in [0, 0.1) is 0 Å². The zero-order chi connectivity index (χ0) is 29.3. The third-order valence-corrected chi connectivity index (χ3v) is 7.25. The van der Waals surface area contributed by atoms with Crippen LogP contribution in [0.3, 0.4) is 0 Å². The highest BCUT2D eigenvalue weighted by Gasteiger charge is 2.20. The molecule has 0 saturated carbocycles. The third-order valence-electron chi connectivity index (χ3n) is 7.25. The summed E-state index contributed by atoms with van der Waals surface area (Å²) in [7, 11) is 0. The lowest BCUT2D eigenvalue weighted by atomic mass is 9.95. The molecule has 0 amide bonds. The van der Waals surface area contributed by atoms with Crippen molar-refractivity contribution in [1.29, 1.82) is 0 Å². The van der Waals surface area contributed by atoms with E-state index in [4.69, 9.17) is 18.9 Å². The minimum atomic E-state index is -0.375. The lowest BCUT2D eigenvalue weighted by molar-refractivity contribution is -0.147. The van der Waals surface area contributed by atoms with Crippen LogP contribution in [0.4, 0.5) is 0 Å². The van der Waals surface area contributed by atoms with Crippen LogP contribution in [0.5, 0.6) is 11.5 Å². The van der Waals surface area contributed by atoms with E-state index in [0.717, 1.165) is 78.5 Å². The maximum Gasteiger partial charge on any atom is 0.344 e. The Kier molecular flexibility index (Phi) is 14.3. The molecule has 0 radical (unpaired) electrons. The first kappa shape index (κ1) is 32.2. The number of carbonyl (C=O) groups excluding carboxylic acids is 2. The summed E-state index contributed by atoms with van der Waals surface area (Å²) in [5, 5.41) is 3.40. The Morgan fingerprint density at radius 3 is 1.63 bits per heavy atom. The SMILES string of the molecule is CCCCCCCOC(=O)COc1c2ccccc2c(OCC(=O)OCCCCCCC)c2c(CCC)cccc12. The molecule has 6 nitrogen and oxygen atoms in total. The summed E-state index contributed by atoms with van der Waals surface area (Å²) in [5.41, 5.74) is 1.11. The van der Waals surface area contributed by atoms with E-state index in [1.165, 1.54) is 25.7 Å². The van der Waals surface area contributed by atoms with Gasteiger partial charge in [-0.05, 0) is 24.8 Å². The molecule has 0 atom stereocenters. The predicted octanol–water partition coefficient (Wildman–Crippen LogP) is 8.73. The molecule has 0 unspecified atom stereocenters. The van der Waals surface area contributed by atoms with Crippen LogP contribution in [0.2, 0.25) is 0 Å². The highest BCUT2D eigenvalue weighted by Crippen LogP contribution is 2.44. The van der Waals surface area contributed by atoms with Gasteiger partial charge in [-0.25, -0.2) is 9.59 Å². The number of fused-ring (bicyclic) bond motifs is 2. The highest BCUT2D eigenvalue weighted by atomic mass is 16.6. The molecule has 0 bridgehead atoms. The fourth-order valence-electron chi connectivity index (χ4n) is 5.13. The minimum absolute atomic E-state index is 0.167. The second-order valence-electron chi connectivity index (χ2n) is 10.6. The smallest absolute Gasteiger partial charge is 0.344 e. The molecule has 6 heteroatoms. The van der Waals surface area contributed by atoms with Gasteiger partial charge in [0, 0.05) is 21.5 Å². The molecule has 0 fully saturated rings. The summed E-state index contributed by atoms with van der Waals surface area (Å²) in [5.74, 6) is 0.515. The van der Waals surface area contributed by atoms with Crippen LogP contribution in [-0.2, 0) is 25.5 Å². The van der Waals surface area contributed by atoms with Crippen LogP contribution < -0.4 is 9.47 Å². The van der Waals surface area contributed by atoms with Crippen LogP contribution in [0.15, 0.2) is 42.5 Å². The van der Waals surface area contributed by atoms with Crippen molar-refractivity contribution in [3.05, 3.63) is 48.0 Å². The van der Waals surface area contributed by atoms with Crippen LogP contribution in [0.25, 0.3) is 21.5 Å². The van der Waals surface area contributed by atoms with E-state index < -0.39 is 0 Å². The van der Waals surface area contributed by atoms with Gasteiger partial charge in [-0.15, -0.1) is 0 Å². The molecule has 0 aliphatic heterocycles. The van der Waals surface area contributed by atoms with E-state index in [9.17, 15) is 9.59 Å². The van der Waals surface area contributed by atoms with Crippen molar-refractivity contribution in [1.82, 2.24) is 0 Å². The molecule has 3 aromatic carbocycles. The van der Waals surface area contributed by atoms with Gasteiger partial charge < -0.3 is 18.9 Å². The molecule has 0 aliphatic rings. The Morgan fingerprint density at radius 1 is 0.561 bits per heavy atom. The maximum atomic E-state index is 12.6. The van der Waals surface area contributed by atoms with Crippen LogP contribution in [-0.4, -0.2) is 38.4 Å². The van der Waals surface area contributed by atoms with Gasteiger partial charge in [0.25, 0.3) is 0 Å². The summed E-state index contributed by atoms with van der Waals surface area (Å²) >= 11 is 0. The van der Waals surface area contributed by atoms with Gasteiger partial charge in [-0.3, -0.25) is 0 Å². The molecule has 0 spiro atoms. The molecule has 0 aromatic heterocycles. The van der Waals surface area contributed by atoms with Crippen molar-refractivity contribution in [2.75, 3.05) is 26.4 Å². The first-order chi connectivity index (χ1) is 20.1. The van der Waals surface area contributed by atoms with E-state index in [2.05, 4.69) is 26.8 Å². The van der Waals surface area contributed by atoms with Crippen molar-refractivity contribution in [2.24, 2.45) is 0 Å². The van der Waals surface area contributed by atoms with E-state index in [-0.39, 0.29) is 25.2 Å². The summed E-state index contributed by atoms with van der Waals surface area (Å²) in [6.07, 6.45) is 12.7. The number of hydrogen-bond donors (Lipinski definition) is 0. The quantitative estimate of drug-likeness (QED) is 0.0776. The molecular formula is C35H48O6. The van der Waals surface area contributed by atoms with Crippen molar-refractivity contribution >= 4 is 33.5 Å². The van der Waals surface area contributed by atoms with Gasteiger partial charge in [0.2, 0.25) is 0 Å². The number of benzene rings is 3. The summed E-state index contributed by atoms with van der Waals surface area (Å²) < 4.78 is 23.3. The van der Waals surface area contributed by atoms with E-state index in [0.29, 0.717) is 24.7 Å². The number of aryl methyl sites for hydroxylation is 1. The number of hydrogen-bond acceptors (Lipinski definition) is 6. The Labute approximate surface area is 245 Å². The Morgan fingerprint density at radius 2 is 1.07 bits per heavy atom. The molecule has 0 heterocycles. The largest absolute Gasteiger partial charge is 0.481 e. The monoisotopic (exact) mass is 564 g/mol. The van der Waals surface area contributed by atoms with E-state index >= 15 is 0 Å². The average Bonchev–Trinajstić information content (AvgIpc) is 2.98. The lowest BCUT2D eigenvalue weighted by Crippen LogP contribution is -2.17. The molecule has 3 aromatic rings. The molecule has 224 valence electrons. The first-order valence-electron chi connectivity index (χ1n) is 15.6. The normalized spacial score (nSPS) is 11.1. The standard InChI is InChI=1S/C35H48O6/c1-4-7-9-11-15-23-38-31(36)25-40-34-28-20-13-14-21-29(28)35(33-27(18-6-3)19-17-22-30(33)34)41-26-32(37)39-24-16-12-10-8-5-2/h13-14,17,19-22H,4-12,15-16,18,23-26H2,1-3H3. The molecule has 41 heavy (non-hydrogen) atoms. The van der Waals surface area contributed by atoms with Gasteiger partial charge in [0.05, 0.1) is 13.2 Å². The predicted molar refractivity (Wildman–Crippen MR) is 166 cm³/mol. The maximum absolute atomic E-state index is 12.6. The molecule has 0 aliphatic carbocycles. The molecule has 0 N–H and O–H groups in total. The van der Waals surface area contributed by atoms with Crippen molar-refractivity contribution in [2.45, 2.75) is 97.8 Å². The van der Waals surface area contributed by atoms with Crippen LogP contribution in [0.1, 0.15) is 97.0 Å². The van der Waals surface area contributed by atoms with Crippen LogP contribution >= 0.6 is 0 Å². The van der Waals surface area contributed by atoms with Gasteiger partial charge in [-0.2, -0.15) is 0 Å². The average molecular weight is 565 g/mol. The molecule has 3 rings (SSSR count). The van der Waals surface area contributed by atoms with E-state index in [1.54, 1.807) is 0 Å². The number of ether oxygens (including phenoxy) is 4. The number of esters is 2. The van der Waals surface area contributed by atoms with Gasteiger partial charge >= 0.3 is 11.9 Å². The Bertz CT molecular complexity index is 1230. The zero-order valence-electron chi connectivity index (χ0n) is 25.3. The Balaban J connectivity index is 1.79. The summed E-state index contributed by atoms with van der Waals surface area (Å²) in [6, 6.07) is 13.9. The van der Waals surface area contributed by atoms with Gasteiger partial charge in [-0.1, -0.05) is 121 Å². The Hall–Kier alpha value is -3.28. The van der Waals surface area contributed by atoms with E-state index in [1.807, 2.05) is 36.4 Å². The fourth-order valence-corrected chi connectivity index (χ4v) is 5.13. The summed E-state index contributed by atoms with van der Waals surface area (Å²) in [6.45, 7) is 6.98. The van der Waals surface area contributed by atoms with Gasteiger partial charge in [0.15, 0.2) is 13.2 Å². The van der Waals surface area contributed by atoms with Crippen molar-refractivity contribution < 1.29 is 28.5 Å². The minimum Gasteiger partial charge on any atom is -0.481 e. The van der Waals surface area contributed by atoms with Crippen molar-refractivity contribution in [3.63, 3.8) is 0 Å². The number of carbonyl (C=O) groups is 2. The first-order valence-corrected chi connectivity index (χ1v) is 15.6. The number of rotatable bonds is 20. The van der Waals surface area contributed by atoms with Gasteiger partial charge in [0.1, 0.15) is 11.5 Å². The molecular weight excluding hydrogens is 516 g/mol. The summed E-state index contributed by atoms with van der Waals surface area (Å²) in [4.78, 5) is 25.1. The van der Waals surface area contributed by atoms with Crippen molar-refractivity contribution in [3.8, 4) is 11.5 Å².